The standard InChI is InChI=1S/C18H21F3N4O3/c19-18(20,21)14-9-15(26)23-12-3-1-2-4-13(12)25(14)16(27)10-24-7-5-11(6-8-24)17(22)28/h1-4,11,14H,5-10H2,(H2,22,28)(H,23,26)/t14-/m0/s1. The molecule has 1 aromatic rings. The number of amides is 3. The number of alkyl halides is 3. The molecular weight excluding hydrogens is 377 g/mol. The van der Waals surface area contributed by atoms with Gasteiger partial charge in [-0.1, -0.05) is 12.1 Å². The summed E-state index contributed by atoms with van der Waals surface area (Å²) in [5, 5.41) is 2.43. The summed E-state index contributed by atoms with van der Waals surface area (Å²) >= 11 is 0. The molecule has 1 aromatic carbocycles. The second kappa shape index (κ2) is 7.78. The van der Waals surface area contributed by atoms with Crippen molar-refractivity contribution in [1.82, 2.24) is 4.90 Å². The molecule has 7 nitrogen and oxygen atoms in total. The number of nitrogens with one attached hydrogen (secondary N) is 1. The maximum atomic E-state index is 13.7. The van der Waals surface area contributed by atoms with Crippen LogP contribution in [-0.4, -0.2) is 54.5 Å². The number of halogens is 3. The van der Waals surface area contributed by atoms with E-state index in [0.29, 0.717) is 30.8 Å². The van der Waals surface area contributed by atoms with Gasteiger partial charge in [0.1, 0.15) is 6.04 Å². The average molecular weight is 398 g/mol. The predicted molar refractivity (Wildman–Crippen MR) is 95.4 cm³/mol. The third-order valence-electron chi connectivity index (χ3n) is 5.12. The maximum Gasteiger partial charge on any atom is 0.409 e. The van der Waals surface area contributed by atoms with Crippen molar-refractivity contribution in [2.45, 2.75) is 31.5 Å². The highest BCUT2D eigenvalue weighted by Crippen LogP contribution is 2.37. The fourth-order valence-corrected chi connectivity index (χ4v) is 3.64. The second-order valence-electron chi connectivity index (χ2n) is 7.04. The van der Waals surface area contributed by atoms with Crippen LogP contribution in [-0.2, 0) is 14.4 Å². The summed E-state index contributed by atoms with van der Waals surface area (Å²) in [5.41, 5.74) is 5.47. The number of fused-ring (bicyclic) bond motifs is 1. The van der Waals surface area contributed by atoms with Crippen molar-refractivity contribution in [3.05, 3.63) is 24.3 Å². The lowest BCUT2D eigenvalue weighted by Crippen LogP contribution is -2.53. The number of piperidine rings is 1. The van der Waals surface area contributed by atoms with Gasteiger partial charge in [0.25, 0.3) is 0 Å². The molecule has 0 spiro atoms. The van der Waals surface area contributed by atoms with E-state index in [1.54, 1.807) is 11.0 Å². The number of hydrogen-bond donors (Lipinski definition) is 2. The molecule has 0 saturated carbocycles. The smallest absolute Gasteiger partial charge is 0.369 e. The first kappa shape index (κ1) is 20.1. The quantitative estimate of drug-likeness (QED) is 0.807. The molecule has 10 heteroatoms. The van der Waals surface area contributed by atoms with Crippen molar-refractivity contribution in [1.29, 1.82) is 0 Å². The Morgan fingerprint density at radius 1 is 1.18 bits per heavy atom. The normalized spacial score (nSPS) is 21.6. The Morgan fingerprint density at radius 2 is 1.82 bits per heavy atom. The maximum absolute atomic E-state index is 13.7. The van der Waals surface area contributed by atoms with E-state index in [9.17, 15) is 27.6 Å². The SMILES string of the molecule is NC(=O)C1CCN(CC(=O)N2c3ccccc3NC(=O)C[C@H]2C(F)(F)F)CC1. The van der Waals surface area contributed by atoms with Gasteiger partial charge in [-0.05, 0) is 38.1 Å². The summed E-state index contributed by atoms with van der Waals surface area (Å²) in [6.45, 7) is 0.548. The minimum absolute atomic E-state index is 0.0210. The lowest BCUT2D eigenvalue weighted by atomic mass is 9.96. The van der Waals surface area contributed by atoms with Crippen LogP contribution < -0.4 is 16.0 Å². The molecule has 3 amide bonds. The molecule has 1 fully saturated rings. The number of carbonyl (C=O) groups excluding carboxylic acids is 3. The summed E-state index contributed by atoms with van der Waals surface area (Å²) < 4.78 is 41.0. The first-order valence-corrected chi connectivity index (χ1v) is 8.96. The molecule has 28 heavy (non-hydrogen) atoms. The lowest BCUT2D eigenvalue weighted by Gasteiger charge is -2.35. The Morgan fingerprint density at radius 3 is 2.43 bits per heavy atom. The molecule has 1 saturated heterocycles. The Labute approximate surface area is 159 Å². The summed E-state index contributed by atoms with van der Waals surface area (Å²) in [6, 6.07) is 3.69. The number of rotatable bonds is 3. The number of nitrogens with zero attached hydrogens (tertiary/aromatic N) is 2. The van der Waals surface area contributed by atoms with Crippen LogP contribution in [0.2, 0.25) is 0 Å². The molecule has 2 aliphatic rings. The number of primary amides is 1. The summed E-state index contributed by atoms with van der Waals surface area (Å²) in [5.74, 6) is -2.24. The van der Waals surface area contributed by atoms with Crippen LogP contribution in [0.1, 0.15) is 19.3 Å². The highest BCUT2D eigenvalue weighted by molar-refractivity contribution is 6.05. The van der Waals surface area contributed by atoms with Gasteiger partial charge in [0.2, 0.25) is 17.7 Å². The van der Waals surface area contributed by atoms with Gasteiger partial charge in [0, 0.05) is 5.92 Å². The van der Waals surface area contributed by atoms with Crippen molar-refractivity contribution in [3.63, 3.8) is 0 Å². The molecule has 1 atom stereocenters. The Bertz CT molecular complexity index is 776. The molecule has 3 rings (SSSR count). The number of carbonyl (C=O) groups is 3. The highest BCUT2D eigenvalue weighted by Gasteiger charge is 2.49. The number of anilines is 2. The second-order valence-corrected chi connectivity index (χ2v) is 7.04. The van der Waals surface area contributed by atoms with E-state index in [0.717, 1.165) is 0 Å². The largest absolute Gasteiger partial charge is 0.409 e. The Balaban J connectivity index is 1.84. The van der Waals surface area contributed by atoms with Crippen LogP contribution >= 0.6 is 0 Å². The first-order chi connectivity index (χ1) is 13.2. The molecule has 2 aliphatic heterocycles. The third-order valence-corrected chi connectivity index (χ3v) is 5.12. The summed E-state index contributed by atoms with van der Waals surface area (Å²) in [7, 11) is 0. The van der Waals surface area contributed by atoms with E-state index in [-0.39, 0.29) is 23.8 Å². The van der Waals surface area contributed by atoms with Crippen molar-refractivity contribution < 1.29 is 27.6 Å². The van der Waals surface area contributed by atoms with Crippen molar-refractivity contribution >= 4 is 29.1 Å². The number of likely N-dealkylation sites (tertiary alicyclic amines) is 1. The third kappa shape index (κ3) is 4.27. The average Bonchev–Trinajstić information content (AvgIpc) is 2.77. The van der Waals surface area contributed by atoms with Crippen LogP contribution in [0.15, 0.2) is 24.3 Å². The van der Waals surface area contributed by atoms with Gasteiger partial charge in [-0.3, -0.25) is 24.2 Å². The molecule has 0 aliphatic carbocycles. The fraction of sp³-hybridized carbons (Fsp3) is 0.500. The van der Waals surface area contributed by atoms with Crippen molar-refractivity contribution in [3.8, 4) is 0 Å². The van der Waals surface area contributed by atoms with Gasteiger partial charge in [0.05, 0.1) is 24.3 Å². The van der Waals surface area contributed by atoms with E-state index >= 15 is 0 Å². The summed E-state index contributed by atoms with van der Waals surface area (Å²) in [6.07, 6.45) is -4.71. The Kier molecular flexibility index (Phi) is 5.59. The first-order valence-electron chi connectivity index (χ1n) is 8.96. The minimum Gasteiger partial charge on any atom is -0.369 e. The van der Waals surface area contributed by atoms with Crippen LogP contribution in [0.25, 0.3) is 0 Å². The van der Waals surface area contributed by atoms with E-state index in [1.807, 2.05) is 0 Å². The minimum atomic E-state index is -4.76. The van der Waals surface area contributed by atoms with Gasteiger partial charge < -0.3 is 11.1 Å². The fourth-order valence-electron chi connectivity index (χ4n) is 3.64. The molecule has 0 radical (unpaired) electrons. The van der Waals surface area contributed by atoms with E-state index in [4.69, 9.17) is 5.73 Å². The molecule has 152 valence electrons. The highest BCUT2D eigenvalue weighted by atomic mass is 19.4. The summed E-state index contributed by atoms with van der Waals surface area (Å²) in [4.78, 5) is 38.5. The van der Waals surface area contributed by atoms with E-state index < -0.39 is 36.4 Å². The Hall–Kier alpha value is -2.62. The van der Waals surface area contributed by atoms with Crippen LogP contribution in [0.3, 0.4) is 0 Å². The van der Waals surface area contributed by atoms with Gasteiger partial charge in [-0.25, -0.2) is 0 Å². The van der Waals surface area contributed by atoms with E-state index in [1.165, 1.54) is 18.2 Å². The van der Waals surface area contributed by atoms with Gasteiger partial charge in [0.15, 0.2) is 0 Å². The predicted octanol–water partition coefficient (Wildman–Crippen LogP) is 1.49. The number of benzene rings is 1. The van der Waals surface area contributed by atoms with Crippen molar-refractivity contribution in [2.24, 2.45) is 11.7 Å². The van der Waals surface area contributed by atoms with Gasteiger partial charge in [-0.2, -0.15) is 13.2 Å². The van der Waals surface area contributed by atoms with Crippen LogP contribution in [0, 0.1) is 5.92 Å². The molecule has 2 heterocycles. The van der Waals surface area contributed by atoms with Gasteiger partial charge in [-0.15, -0.1) is 0 Å². The molecule has 0 unspecified atom stereocenters. The van der Waals surface area contributed by atoms with Crippen LogP contribution in [0.4, 0.5) is 24.5 Å². The van der Waals surface area contributed by atoms with Crippen molar-refractivity contribution in [2.75, 3.05) is 29.9 Å². The van der Waals surface area contributed by atoms with Crippen LogP contribution in [0.5, 0.6) is 0 Å². The van der Waals surface area contributed by atoms with E-state index in [2.05, 4.69) is 5.32 Å². The molecule has 3 N–H and O–H groups in total. The zero-order valence-corrected chi connectivity index (χ0v) is 15.0. The number of para-hydroxylation sites is 2. The molecule has 0 aromatic heterocycles. The molecule has 0 bridgehead atoms. The number of nitrogens with two attached hydrogens (primary N) is 1. The molecular formula is C18H21F3N4O3. The number of hydrogen-bond acceptors (Lipinski definition) is 4. The zero-order valence-electron chi connectivity index (χ0n) is 15.0. The topological polar surface area (TPSA) is 95.7 Å². The zero-order chi connectivity index (χ0) is 20.5. The van der Waals surface area contributed by atoms with Gasteiger partial charge >= 0.3 is 6.18 Å². The monoisotopic (exact) mass is 398 g/mol. The lowest BCUT2D eigenvalue weighted by molar-refractivity contribution is -0.158.